The monoisotopic (exact) mass is 453 g/mol. The van der Waals surface area contributed by atoms with Crippen LogP contribution >= 0.6 is 11.3 Å². The number of ether oxygens (including phenoxy) is 3. The molecule has 0 bridgehead atoms. The standard InChI is InChI=1S/C23H27N5O3S/c1-29-17-4-2-16(3-5-17)10-27-15-28-22(24-14-25-28)21-19-6-7-26(12-20(19)32-23(21)27)11-18-13-30-8-9-31-18/h2-5,14,18H,6-13,15H2,1H3. The van der Waals surface area contributed by atoms with Gasteiger partial charge in [-0.25, -0.2) is 9.67 Å². The van der Waals surface area contributed by atoms with E-state index in [2.05, 4.69) is 32.0 Å². The van der Waals surface area contributed by atoms with Gasteiger partial charge in [-0.15, -0.1) is 11.3 Å². The largest absolute Gasteiger partial charge is 0.497 e. The number of methoxy groups -OCH3 is 1. The third kappa shape index (κ3) is 3.69. The van der Waals surface area contributed by atoms with Crippen LogP contribution < -0.4 is 9.64 Å². The lowest BCUT2D eigenvalue weighted by Gasteiger charge is -2.32. The molecular weight excluding hydrogens is 426 g/mol. The summed E-state index contributed by atoms with van der Waals surface area (Å²) in [5.41, 5.74) is 3.97. The Morgan fingerprint density at radius 3 is 2.94 bits per heavy atom. The van der Waals surface area contributed by atoms with Crippen LogP contribution in [0.2, 0.25) is 0 Å². The zero-order valence-corrected chi connectivity index (χ0v) is 19.0. The summed E-state index contributed by atoms with van der Waals surface area (Å²) in [7, 11) is 1.70. The molecule has 0 N–H and O–H groups in total. The number of thiophene rings is 1. The van der Waals surface area contributed by atoms with E-state index in [1.54, 1.807) is 13.4 Å². The summed E-state index contributed by atoms with van der Waals surface area (Å²) in [6.45, 7) is 6.56. The Morgan fingerprint density at radius 2 is 2.12 bits per heavy atom. The van der Waals surface area contributed by atoms with Crippen LogP contribution in [0.3, 0.4) is 0 Å². The Kier molecular flexibility index (Phi) is 5.34. The van der Waals surface area contributed by atoms with Gasteiger partial charge >= 0.3 is 0 Å². The maximum absolute atomic E-state index is 5.88. The molecule has 3 aliphatic heterocycles. The van der Waals surface area contributed by atoms with Crippen LogP contribution in [-0.4, -0.2) is 65.8 Å². The SMILES string of the molecule is COc1ccc(CN2Cn3ncnc3-c3c2sc2c3CCN(CC3COCCO3)C2)cc1. The molecule has 2 aromatic heterocycles. The second-order valence-electron chi connectivity index (χ2n) is 8.51. The highest BCUT2D eigenvalue weighted by Crippen LogP contribution is 2.47. The molecule has 0 aliphatic carbocycles. The third-order valence-electron chi connectivity index (χ3n) is 6.43. The molecule has 0 spiro atoms. The van der Waals surface area contributed by atoms with E-state index in [1.165, 1.54) is 26.6 Å². The number of hydrogen-bond donors (Lipinski definition) is 0. The number of anilines is 1. The fourth-order valence-electron chi connectivity index (χ4n) is 4.84. The van der Waals surface area contributed by atoms with E-state index in [-0.39, 0.29) is 6.10 Å². The molecule has 0 saturated carbocycles. The number of nitrogens with zero attached hydrogens (tertiary/aromatic N) is 5. The molecule has 5 heterocycles. The lowest BCUT2D eigenvalue weighted by Crippen LogP contribution is -2.41. The summed E-state index contributed by atoms with van der Waals surface area (Å²) in [6, 6.07) is 8.32. The molecule has 1 unspecified atom stereocenters. The van der Waals surface area contributed by atoms with Crippen LogP contribution in [0.15, 0.2) is 30.6 Å². The topological polar surface area (TPSA) is 64.9 Å². The Morgan fingerprint density at radius 1 is 1.22 bits per heavy atom. The summed E-state index contributed by atoms with van der Waals surface area (Å²) in [5.74, 6) is 1.88. The van der Waals surface area contributed by atoms with Crippen molar-refractivity contribution in [2.75, 3.05) is 44.9 Å². The van der Waals surface area contributed by atoms with Crippen molar-refractivity contribution in [2.24, 2.45) is 0 Å². The van der Waals surface area contributed by atoms with Crippen molar-refractivity contribution in [1.82, 2.24) is 19.7 Å². The van der Waals surface area contributed by atoms with Gasteiger partial charge in [0.2, 0.25) is 0 Å². The van der Waals surface area contributed by atoms with Gasteiger partial charge in [0.1, 0.15) is 23.7 Å². The van der Waals surface area contributed by atoms with Crippen molar-refractivity contribution in [3.05, 3.63) is 46.6 Å². The zero-order valence-electron chi connectivity index (χ0n) is 18.2. The molecular formula is C23H27N5O3S. The first-order valence-corrected chi connectivity index (χ1v) is 11.9. The summed E-state index contributed by atoms with van der Waals surface area (Å²) in [4.78, 5) is 11.0. The van der Waals surface area contributed by atoms with Crippen molar-refractivity contribution >= 4 is 16.3 Å². The van der Waals surface area contributed by atoms with Crippen LogP contribution in [0.1, 0.15) is 16.0 Å². The van der Waals surface area contributed by atoms with Gasteiger partial charge in [0.05, 0.1) is 38.6 Å². The summed E-state index contributed by atoms with van der Waals surface area (Å²) < 4.78 is 18.8. The maximum Gasteiger partial charge on any atom is 0.163 e. The van der Waals surface area contributed by atoms with E-state index >= 15 is 0 Å². The average Bonchev–Trinajstić information content (AvgIpc) is 3.44. The summed E-state index contributed by atoms with van der Waals surface area (Å²) >= 11 is 1.91. The van der Waals surface area contributed by atoms with E-state index in [1.807, 2.05) is 28.2 Å². The number of fused-ring (bicyclic) bond motifs is 5. The number of rotatable bonds is 5. The minimum Gasteiger partial charge on any atom is -0.497 e. The van der Waals surface area contributed by atoms with Gasteiger partial charge in [-0.2, -0.15) is 5.10 Å². The Labute approximate surface area is 191 Å². The highest BCUT2D eigenvalue weighted by molar-refractivity contribution is 7.17. The first-order valence-electron chi connectivity index (χ1n) is 11.1. The van der Waals surface area contributed by atoms with Gasteiger partial charge in [-0.05, 0) is 29.7 Å². The number of hydrogen-bond acceptors (Lipinski definition) is 8. The molecule has 3 aromatic rings. The molecule has 1 atom stereocenters. The van der Waals surface area contributed by atoms with E-state index in [9.17, 15) is 0 Å². The molecule has 1 aromatic carbocycles. The van der Waals surface area contributed by atoms with E-state index in [0.29, 0.717) is 26.5 Å². The number of benzene rings is 1. The Bertz CT molecular complexity index is 1090. The molecule has 1 saturated heterocycles. The molecule has 1 fully saturated rings. The highest BCUT2D eigenvalue weighted by Gasteiger charge is 2.33. The molecule has 0 amide bonds. The van der Waals surface area contributed by atoms with Gasteiger partial charge in [0.15, 0.2) is 5.82 Å². The van der Waals surface area contributed by atoms with Crippen LogP contribution in [-0.2, 0) is 35.7 Å². The molecule has 32 heavy (non-hydrogen) atoms. The lowest BCUT2D eigenvalue weighted by molar-refractivity contribution is -0.0984. The predicted octanol–water partition coefficient (Wildman–Crippen LogP) is 2.77. The van der Waals surface area contributed by atoms with Crippen molar-refractivity contribution < 1.29 is 14.2 Å². The highest BCUT2D eigenvalue weighted by atomic mass is 32.1. The first kappa shape index (κ1) is 20.2. The van der Waals surface area contributed by atoms with E-state index in [0.717, 1.165) is 44.2 Å². The summed E-state index contributed by atoms with van der Waals surface area (Å²) in [6.07, 6.45) is 2.88. The van der Waals surface area contributed by atoms with Crippen molar-refractivity contribution in [3.63, 3.8) is 0 Å². The zero-order chi connectivity index (χ0) is 21.5. The van der Waals surface area contributed by atoms with Crippen LogP contribution in [0.4, 0.5) is 5.00 Å². The normalized spacial score (nSPS) is 20.5. The van der Waals surface area contributed by atoms with Crippen LogP contribution in [0.5, 0.6) is 5.75 Å². The smallest absolute Gasteiger partial charge is 0.163 e. The van der Waals surface area contributed by atoms with Crippen molar-refractivity contribution in [1.29, 1.82) is 0 Å². The fraction of sp³-hybridized carbons (Fsp3) is 0.478. The van der Waals surface area contributed by atoms with Crippen LogP contribution in [0.25, 0.3) is 11.4 Å². The molecule has 168 valence electrons. The van der Waals surface area contributed by atoms with E-state index in [4.69, 9.17) is 14.2 Å². The number of aromatic nitrogens is 3. The van der Waals surface area contributed by atoms with Gasteiger partial charge in [0, 0.05) is 31.1 Å². The minimum atomic E-state index is 0.176. The minimum absolute atomic E-state index is 0.176. The molecule has 8 nitrogen and oxygen atoms in total. The maximum atomic E-state index is 5.88. The molecule has 3 aliphatic rings. The Balaban J connectivity index is 1.28. The third-order valence-corrected chi connectivity index (χ3v) is 7.71. The average molecular weight is 454 g/mol. The first-order chi connectivity index (χ1) is 15.8. The second-order valence-corrected chi connectivity index (χ2v) is 9.59. The van der Waals surface area contributed by atoms with Crippen molar-refractivity contribution in [3.8, 4) is 17.1 Å². The van der Waals surface area contributed by atoms with Gasteiger partial charge in [-0.3, -0.25) is 4.90 Å². The second kappa shape index (κ2) is 8.47. The molecule has 0 radical (unpaired) electrons. The van der Waals surface area contributed by atoms with Gasteiger partial charge in [-0.1, -0.05) is 12.1 Å². The fourth-order valence-corrected chi connectivity index (χ4v) is 6.22. The van der Waals surface area contributed by atoms with E-state index < -0.39 is 0 Å². The quantitative estimate of drug-likeness (QED) is 0.589. The lowest BCUT2D eigenvalue weighted by atomic mass is 10.0. The Hall–Kier alpha value is -2.46. The molecule has 6 rings (SSSR count). The van der Waals surface area contributed by atoms with Gasteiger partial charge < -0.3 is 19.1 Å². The van der Waals surface area contributed by atoms with Gasteiger partial charge in [0.25, 0.3) is 0 Å². The van der Waals surface area contributed by atoms with Crippen LogP contribution in [0, 0.1) is 0 Å². The molecule has 9 heteroatoms. The summed E-state index contributed by atoms with van der Waals surface area (Å²) in [5, 5.41) is 5.81. The van der Waals surface area contributed by atoms with Crippen molar-refractivity contribution in [2.45, 2.75) is 32.3 Å². The predicted molar refractivity (Wildman–Crippen MR) is 122 cm³/mol.